The van der Waals surface area contributed by atoms with E-state index in [2.05, 4.69) is 73.6 Å². The van der Waals surface area contributed by atoms with Crippen molar-refractivity contribution in [1.82, 2.24) is 19.4 Å². The molecule has 1 fully saturated rings. The van der Waals surface area contributed by atoms with E-state index in [-0.39, 0.29) is 21.1 Å². The first-order valence-corrected chi connectivity index (χ1v) is 11.9. The number of para-hydroxylation sites is 1. The summed E-state index contributed by atoms with van der Waals surface area (Å²) in [5.41, 5.74) is 4.20. The minimum Gasteiger partial charge on any atom is -0.508 e. The van der Waals surface area contributed by atoms with Crippen molar-refractivity contribution < 1.29 is 25.8 Å². The van der Waals surface area contributed by atoms with E-state index in [4.69, 9.17) is 4.74 Å². The van der Waals surface area contributed by atoms with Gasteiger partial charge in [-0.3, -0.25) is 0 Å². The largest absolute Gasteiger partial charge is 0.508 e. The van der Waals surface area contributed by atoms with Gasteiger partial charge < -0.3 is 24.1 Å². The number of benzene rings is 2. The molecule has 0 bridgehead atoms. The summed E-state index contributed by atoms with van der Waals surface area (Å²) in [5.74, 6) is 2.00. The number of piperidine rings is 1. The van der Waals surface area contributed by atoms with E-state index in [1.807, 2.05) is 36.5 Å². The van der Waals surface area contributed by atoms with E-state index in [0.29, 0.717) is 11.5 Å². The Morgan fingerprint density at radius 1 is 0.889 bits per heavy atom. The van der Waals surface area contributed by atoms with Gasteiger partial charge in [0.2, 0.25) is 0 Å². The van der Waals surface area contributed by atoms with Crippen LogP contribution in [-0.2, 0) is 21.1 Å². The Hall–Kier alpha value is -3.63. The van der Waals surface area contributed by atoms with Crippen molar-refractivity contribution in [3.63, 3.8) is 0 Å². The molecule has 6 nitrogen and oxygen atoms in total. The Balaban J connectivity index is 0.00000240. The van der Waals surface area contributed by atoms with Crippen LogP contribution in [0.3, 0.4) is 0 Å². The molecule has 3 aromatic heterocycles. The molecule has 2 aromatic carbocycles. The third kappa shape index (κ3) is 3.96. The van der Waals surface area contributed by atoms with Crippen molar-refractivity contribution in [1.29, 1.82) is 0 Å². The zero-order chi connectivity index (χ0) is 23.2. The average molecular weight is 652 g/mol. The second-order valence-electron chi connectivity index (χ2n) is 8.80. The summed E-state index contributed by atoms with van der Waals surface area (Å²) in [7, 11) is 0. The van der Waals surface area contributed by atoms with Crippen LogP contribution in [0.15, 0.2) is 85.1 Å². The fraction of sp³-hybridized carbons (Fsp3) is 0.138. The Bertz CT molecular complexity index is 1580. The Morgan fingerprint density at radius 3 is 2.69 bits per heavy atom. The number of rotatable bonds is 4. The van der Waals surface area contributed by atoms with Gasteiger partial charge in [0, 0.05) is 44.3 Å². The number of hydrogen-bond acceptors (Lipinski definition) is 5. The van der Waals surface area contributed by atoms with Gasteiger partial charge >= 0.3 is 0 Å². The van der Waals surface area contributed by atoms with Gasteiger partial charge in [-0.15, -0.1) is 23.6 Å². The van der Waals surface area contributed by atoms with Crippen LogP contribution in [0.2, 0.25) is 0 Å². The van der Waals surface area contributed by atoms with Gasteiger partial charge in [0.05, 0.1) is 0 Å². The van der Waals surface area contributed by atoms with Crippen molar-refractivity contribution in [3.8, 4) is 17.3 Å². The maximum Gasteiger partial charge on any atom is 0.135 e. The number of anilines is 1. The summed E-state index contributed by atoms with van der Waals surface area (Å²) in [4.78, 5) is 13.4. The summed E-state index contributed by atoms with van der Waals surface area (Å²) in [6, 6.07) is 25.1. The van der Waals surface area contributed by atoms with Gasteiger partial charge in [-0.1, -0.05) is 41.7 Å². The van der Waals surface area contributed by atoms with Gasteiger partial charge in [0.25, 0.3) is 0 Å². The molecule has 36 heavy (non-hydrogen) atoms. The number of fused-ring (bicyclic) bond motifs is 4. The molecule has 0 unspecified atom stereocenters. The van der Waals surface area contributed by atoms with Crippen LogP contribution in [0, 0.1) is 18.8 Å². The molecule has 0 aliphatic carbocycles. The summed E-state index contributed by atoms with van der Waals surface area (Å²) >= 11 is 0. The molecule has 182 valence electrons. The van der Waals surface area contributed by atoms with Crippen molar-refractivity contribution in [3.05, 3.63) is 104 Å². The van der Waals surface area contributed by atoms with Crippen LogP contribution in [0.4, 0.5) is 5.69 Å². The standard InChI is InChI=1S/C29H22N5O.Pt/c1-2-9-27-25(8-1)26-12-11-23(16-28(26)34(27)29-10-3-5-13-31-29)35-24-15-22(17-30-18-24)33-19-21-7-4-6-14-32(21)20-33;/h1-3,5,8-13,17-20H,4,6-7,14H2;/q-3;. The second-order valence-corrected chi connectivity index (χ2v) is 8.80. The molecule has 2 aliphatic heterocycles. The monoisotopic (exact) mass is 651 g/mol. The maximum absolute atomic E-state index is 6.21. The second kappa shape index (κ2) is 9.44. The first kappa shape index (κ1) is 22.8. The fourth-order valence-electron chi connectivity index (χ4n) is 4.95. The SMILES string of the molecule is [Pt].[c-]1c(Oc2[c-]c3c(cc2)c2ccccc2n3-c2ccccn2)cncc1N1C=C2CCCCN2[CH-]1. The van der Waals surface area contributed by atoms with E-state index >= 15 is 0 Å². The third-order valence-electron chi connectivity index (χ3n) is 6.58. The Labute approximate surface area is 224 Å². The summed E-state index contributed by atoms with van der Waals surface area (Å²) in [5, 5.41) is 2.25. The predicted molar refractivity (Wildman–Crippen MR) is 136 cm³/mol. The van der Waals surface area contributed by atoms with E-state index in [9.17, 15) is 0 Å². The molecule has 0 saturated carbocycles. The topological polar surface area (TPSA) is 46.4 Å². The van der Waals surface area contributed by atoms with Crippen LogP contribution in [0.5, 0.6) is 11.5 Å². The molecule has 5 aromatic rings. The van der Waals surface area contributed by atoms with Gasteiger partial charge in [-0.05, 0) is 67.5 Å². The van der Waals surface area contributed by atoms with Crippen LogP contribution < -0.4 is 9.64 Å². The normalized spacial score (nSPS) is 15.1. The van der Waals surface area contributed by atoms with Gasteiger partial charge in [-0.2, -0.15) is 12.7 Å². The van der Waals surface area contributed by atoms with Crippen molar-refractivity contribution in [2.24, 2.45) is 0 Å². The van der Waals surface area contributed by atoms with Crippen molar-refractivity contribution in [2.75, 3.05) is 11.4 Å². The molecule has 7 rings (SSSR count). The molecule has 0 atom stereocenters. The quantitative estimate of drug-likeness (QED) is 0.216. The molecule has 0 N–H and O–H groups in total. The Morgan fingerprint density at radius 2 is 1.81 bits per heavy atom. The molecule has 7 heteroatoms. The van der Waals surface area contributed by atoms with Gasteiger partial charge in [0.1, 0.15) is 5.82 Å². The molecule has 2 aliphatic rings. The van der Waals surface area contributed by atoms with Crippen LogP contribution in [-0.4, -0.2) is 26.0 Å². The zero-order valence-corrected chi connectivity index (χ0v) is 21.6. The number of nitrogens with zero attached hydrogens (tertiary/aromatic N) is 5. The van der Waals surface area contributed by atoms with E-state index in [0.717, 1.165) is 46.3 Å². The minimum atomic E-state index is 0. The van der Waals surface area contributed by atoms with Crippen LogP contribution in [0.1, 0.15) is 19.3 Å². The number of hydrogen-bond donors (Lipinski definition) is 0. The van der Waals surface area contributed by atoms with Crippen molar-refractivity contribution in [2.45, 2.75) is 19.3 Å². The van der Waals surface area contributed by atoms with Crippen LogP contribution in [0.25, 0.3) is 27.6 Å². The van der Waals surface area contributed by atoms with Gasteiger partial charge in [0.15, 0.2) is 0 Å². The van der Waals surface area contributed by atoms with E-state index < -0.39 is 0 Å². The molecule has 0 spiro atoms. The molecule has 5 heterocycles. The smallest absolute Gasteiger partial charge is 0.135 e. The number of pyridine rings is 2. The fourth-order valence-corrected chi connectivity index (χ4v) is 4.95. The van der Waals surface area contributed by atoms with Gasteiger partial charge in [-0.25, -0.2) is 4.98 Å². The maximum atomic E-state index is 6.21. The number of allylic oxidation sites excluding steroid dienone is 1. The summed E-state index contributed by atoms with van der Waals surface area (Å²) < 4.78 is 8.33. The average Bonchev–Trinajstić information content (AvgIpc) is 3.49. The van der Waals surface area contributed by atoms with E-state index in [1.54, 1.807) is 12.4 Å². The molecular formula is C29H22N5OPt-3. The molecule has 0 amide bonds. The number of ether oxygens (including phenoxy) is 1. The first-order chi connectivity index (χ1) is 17.3. The number of aromatic nitrogens is 3. The molecule has 1 saturated heterocycles. The Kier molecular flexibility index (Phi) is 5.98. The molecular weight excluding hydrogens is 629 g/mol. The van der Waals surface area contributed by atoms with Crippen LogP contribution >= 0.6 is 0 Å². The predicted octanol–water partition coefficient (Wildman–Crippen LogP) is 6.23. The van der Waals surface area contributed by atoms with E-state index in [1.165, 1.54) is 18.5 Å². The minimum absolute atomic E-state index is 0. The summed E-state index contributed by atoms with van der Waals surface area (Å²) in [6.45, 7) is 3.18. The zero-order valence-electron chi connectivity index (χ0n) is 19.4. The third-order valence-corrected chi connectivity index (χ3v) is 6.58. The first-order valence-electron chi connectivity index (χ1n) is 11.9. The molecule has 0 radical (unpaired) electrons. The van der Waals surface area contributed by atoms with Crippen molar-refractivity contribution >= 4 is 27.5 Å². The summed E-state index contributed by atoms with van der Waals surface area (Å²) in [6.07, 6.45) is 11.0.